The van der Waals surface area contributed by atoms with Gasteiger partial charge in [0.15, 0.2) is 5.78 Å². The maximum Gasteiger partial charge on any atom is 0.356 e. The second-order valence-electron chi connectivity index (χ2n) is 5.64. The summed E-state index contributed by atoms with van der Waals surface area (Å²) in [5.41, 5.74) is -0.388. The van der Waals surface area contributed by atoms with Crippen molar-refractivity contribution in [3.63, 3.8) is 0 Å². The molecule has 0 aromatic heterocycles. The van der Waals surface area contributed by atoms with Gasteiger partial charge >= 0.3 is 7.60 Å². The van der Waals surface area contributed by atoms with Crippen LogP contribution < -0.4 is 5.32 Å². The summed E-state index contributed by atoms with van der Waals surface area (Å²) in [5.74, 6) is -2.58. The van der Waals surface area contributed by atoms with Crippen molar-refractivity contribution in [2.45, 2.75) is 23.4 Å². The van der Waals surface area contributed by atoms with Gasteiger partial charge < -0.3 is 14.4 Å². The Balaban J connectivity index is 3.01. The lowest BCUT2D eigenvalue weighted by Crippen LogP contribution is -2.45. The zero-order chi connectivity index (χ0) is 18.2. The van der Waals surface area contributed by atoms with Gasteiger partial charge in [-0.05, 0) is 17.4 Å². The van der Waals surface area contributed by atoms with Gasteiger partial charge in [-0.1, -0.05) is 71.9 Å². The van der Waals surface area contributed by atoms with Crippen LogP contribution in [0.2, 0.25) is 0 Å². The lowest BCUT2D eigenvalue weighted by molar-refractivity contribution is -0.123. The molecule has 1 saturated carbocycles. The lowest BCUT2D eigenvalue weighted by atomic mass is 10.1. The largest absolute Gasteiger partial charge is 0.356 e. The van der Waals surface area contributed by atoms with Crippen molar-refractivity contribution < 1.29 is 18.4 Å². The van der Waals surface area contributed by atoms with Crippen molar-refractivity contribution in [2.24, 2.45) is 17.3 Å². The van der Waals surface area contributed by atoms with Gasteiger partial charge in [-0.15, -0.1) is 0 Å². The molecule has 5 nitrogen and oxygen atoms in total. The van der Waals surface area contributed by atoms with Crippen molar-refractivity contribution >= 4 is 71.5 Å². The molecule has 0 radical (unpaired) electrons. The first kappa shape index (κ1) is 21.9. The Labute approximate surface area is 160 Å². The predicted molar refractivity (Wildman–Crippen MR) is 94.4 cm³/mol. The number of carbonyl (C=O) groups is 1. The van der Waals surface area contributed by atoms with E-state index in [4.69, 9.17) is 67.1 Å². The summed E-state index contributed by atoms with van der Waals surface area (Å²) >= 11 is 28.8. The SMILES string of the molecule is COP(=O)(OC)[C@@H](NC(=O)[C@@H]1[C@H](C=C(Cl)Cl)C1(C)C)C(Cl)(Cl)Cl. The number of allylic oxidation sites excluding steroid dienone is 1. The molecule has 0 spiro atoms. The van der Waals surface area contributed by atoms with E-state index >= 15 is 0 Å². The molecular weight excluding hydrogens is 430 g/mol. The third kappa shape index (κ3) is 4.92. The Kier molecular flexibility index (Phi) is 7.21. The van der Waals surface area contributed by atoms with E-state index in [0.29, 0.717) is 0 Å². The molecule has 0 aromatic carbocycles. The molecule has 3 atom stereocenters. The van der Waals surface area contributed by atoms with E-state index in [2.05, 4.69) is 5.32 Å². The summed E-state index contributed by atoms with van der Waals surface area (Å²) in [7, 11) is -1.59. The summed E-state index contributed by atoms with van der Waals surface area (Å²) in [5, 5.41) is 2.46. The molecule has 11 heteroatoms. The highest BCUT2D eigenvalue weighted by Gasteiger charge is 2.62. The second kappa shape index (κ2) is 7.59. The number of rotatable bonds is 6. The van der Waals surface area contributed by atoms with E-state index < -0.39 is 29.0 Å². The number of hydrogen-bond acceptors (Lipinski definition) is 4. The summed E-state index contributed by atoms with van der Waals surface area (Å²) in [4.78, 5) is 12.5. The molecule has 1 fully saturated rings. The highest BCUT2D eigenvalue weighted by atomic mass is 35.6. The minimum absolute atomic E-state index is 0.0655. The molecule has 0 heterocycles. The van der Waals surface area contributed by atoms with Gasteiger partial charge in [0.05, 0.1) is 5.92 Å². The molecule has 0 aromatic rings. The maximum absolute atomic E-state index is 12.5. The predicted octanol–water partition coefficient (Wildman–Crippen LogP) is 4.88. The van der Waals surface area contributed by atoms with Gasteiger partial charge in [0.2, 0.25) is 9.70 Å². The fourth-order valence-corrected chi connectivity index (χ4v) is 5.20. The minimum Gasteiger partial charge on any atom is -0.338 e. The number of hydrogen-bond donors (Lipinski definition) is 1. The Bertz CT molecular complexity index is 536. The van der Waals surface area contributed by atoms with Crippen LogP contribution in [0.4, 0.5) is 0 Å². The van der Waals surface area contributed by atoms with Crippen LogP contribution in [-0.2, 0) is 18.4 Å². The van der Waals surface area contributed by atoms with E-state index in [-0.39, 0.29) is 15.8 Å². The molecule has 1 N–H and O–H groups in total. The van der Waals surface area contributed by atoms with Crippen LogP contribution in [0.3, 0.4) is 0 Å². The van der Waals surface area contributed by atoms with Crippen LogP contribution in [0, 0.1) is 17.3 Å². The molecule has 1 aliphatic rings. The fourth-order valence-electron chi connectivity index (χ4n) is 2.48. The first-order chi connectivity index (χ1) is 10.3. The number of carbonyl (C=O) groups excluding carboxylic acids is 1. The fraction of sp³-hybridized carbons (Fsp3) is 0.750. The van der Waals surface area contributed by atoms with Gasteiger partial charge in [-0.2, -0.15) is 0 Å². The third-order valence-corrected chi connectivity index (χ3v) is 7.44. The standard InChI is InChI=1S/C12H17Cl5NO4P/c1-11(2)6(5-7(13)14)8(11)9(19)18-10(12(15,16)17)23(20,21-3)22-4/h5-6,8,10H,1-4H3,(H,18,19)/t6-,8-,10+/m0/s1. The minimum atomic E-state index is -3.86. The average molecular weight is 448 g/mol. The Morgan fingerprint density at radius 2 is 1.74 bits per heavy atom. The summed E-state index contributed by atoms with van der Waals surface area (Å²) < 4.78 is 20.2. The monoisotopic (exact) mass is 445 g/mol. The van der Waals surface area contributed by atoms with Gasteiger partial charge in [0.25, 0.3) is 0 Å². The van der Waals surface area contributed by atoms with Gasteiger partial charge in [-0.25, -0.2) is 0 Å². The number of amides is 1. The Hall–Kier alpha value is 0.810. The first-order valence-corrected chi connectivity index (χ1v) is 9.92. The van der Waals surface area contributed by atoms with Crippen LogP contribution in [0.5, 0.6) is 0 Å². The molecule has 1 rings (SSSR count). The van der Waals surface area contributed by atoms with Gasteiger partial charge in [-0.3, -0.25) is 9.36 Å². The molecule has 1 amide bonds. The van der Waals surface area contributed by atoms with Crippen molar-refractivity contribution in [3.05, 3.63) is 10.6 Å². The number of halogens is 5. The maximum atomic E-state index is 12.5. The van der Waals surface area contributed by atoms with Gasteiger partial charge in [0.1, 0.15) is 4.49 Å². The molecule has 0 saturated heterocycles. The van der Waals surface area contributed by atoms with E-state index in [1.54, 1.807) is 6.08 Å². The quantitative estimate of drug-likeness (QED) is 0.466. The summed E-state index contributed by atoms with van der Waals surface area (Å²) in [6.45, 7) is 3.73. The smallest absolute Gasteiger partial charge is 0.338 e. The van der Waals surface area contributed by atoms with Crippen LogP contribution in [0.25, 0.3) is 0 Å². The van der Waals surface area contributed by atoms with E-state index in [9.17, 15) is 9.36 Å². The second-order valence-corrected chi connectivity index (χ2v) is 11.3. The highest BCUT2D eigenvalue weighted by molar-refractivity contribution is 7.55. The highest BCUT2D eigenvalue weighted by Crippen LogP contribution is 2.61. The van der Waals surface area contributed by atoms with Crippen LogP contribution in [0.1, 0.15) is 13.8 Å². The third-order valence-electron chi connectivity index (χ3n) is 3.91. The Morgan fingerprint density at radius 3 is 2.09 bits per heavy atom. The molecule has 23 heavy (non-hydrogen) atoms. The van der Waals surface area contributed by atoms with Crippen molar-refractivity contribution in [1.82, 2.24) is 5.32 Å². The zero-order valence-electron chi connectivity index (χ0n) is 12.8. The number of alkyl halides is 3. The molecule has 0 bridgehead atoms. The molecule has 134 valence electrons. The normalized spacial score (nSPS) is 24.7. The van der Waals surface area contributed by atoms with E-state index in [1.807, 2.05) is 13.8 Å². The van der Waals surface area contributed by atoms with Crippen molar-refractivity contribution in [3.8, 4) is 0 Å². The van der Waals surface area contributed by atoms with Crippen molar-refractivity contribution in [1.29, 1.82) is 0 Å². The molecule has 1 aliphatic carbocycles. The van der Waals surface area contributed by atoms with Crippen LogP contribution >= 0.6 is 65.6 Å². The van der Waals surface area contributed by atoms with Gasteiger partial charge in [0, 0.05) is 14.2 Å². The summed E-state index contributed by atoms with van der Waals surface area (Å²) in [6.07, 6.45) is 1.57. The number of nitrogens with one attached hydrogen (secondary N) is 1. The van der Waals surface area contributed by atoms with Crippen LogP contribution in [0.15, 0.2) is 10.6 Å². The van der Waals surface area contributed by atoms with E-state index in [0.717, 1.165) is 14.2 Å². The van der Waals surface area contributed by atoms with Crippen LogP contribution in [-0.4, -0.2) is 29.7 Å². The van der Waals surface area contributed by atoms with E-state index in [1.165, 1.54) is 0 Å². The molecular formula is C12H17Cl5NO4P. The average Bonchev–Trinajstić information content (AvgIpc) is 2.94. The molecule has 0 unspecified atom stereocenters. The lowest BCUT2D eigenvalue weighted by Gasteiger charge is -2.30. The Morgan fingerprint density at radius 1 is 1.26 bits per heavy atom. The first-order valence-electron chi connectivity index (χ1n) is 6.42. The summed E-state index contributed by atoms with van der Waals surface area (Å²) in [6, 6.07) is 0. The molecule has 0 aliphatic heterocycles. The zero-order valence-corrected chi connectivity index (χ0v) is 17.5. The van der Waals surface area contributed by atoms with Crippen molar-refractivity contribution in [2.75, 3.05) is 14.2 Å². The topological polar surface area (TPSA) is 64.6 Å².